The van der Waals surface area contributed by atoms with Gasteiger partial charge in [0.1, 0.15) is 0 Å². The molecule has 0 bridgehead atoms. The van der Waals surface area contributed by atoms with Crippen molar-refractivity contribution in [3.05, 3.63) is 0 Å². The van der Waals surface area contributed by atoms with Gasteiger partial charge in [0.2, 0.25) is 5.78 Å². The molecule has 4 heteroatoms. The topological polar surface area (TPSA) is 71.4 Å². The standard InChI is InChI=1S/C12H18O4/c1-12(6-3-2-4-7-12)8-5-9(13)10(14)11(15)16/h2-8H2,1H3,(H,15,16). The van der Waals surface area contributed by atoms with Crippen molar-refractivity contribution < 1.29 is 19.5 Å². The maximum absolute atomic E-state index is 11.2. The maximum Gasteiger partial charge on any atom is 0.380 e. The molecule has 0 radical (unpaired) electrons. The van der Waals surface area contributed by atoms with Gasteiger partial charge in [0.25, 0.3) is 0 Å². The third kappa shape index (κ3) is 3.43. The number of Topliss-reactive ketones (excluding diaryl/α,β-unsaturated/α-hetero) is 2. The van der Waals surface area contributed by atoms with Crippen LogP contribution in [0.25, 0.3) is 0 Å². The predicted molar refractivity (Wildman–Crippen MR) is 58.1 cm³/mol. The quantitative estimate of drug-likeness (QED) is 0.574. The normalized spacial score (nSPS) is 19.1. The molecule has 0 atom stereocenters. The highest BCUT2D eigenvalue weighted by molar-refractivity contribution is 6.61. The Hall–Kier alpha value is -1.19. The number of rotatable bonds is 5. The Balaban J connectivity index is 2.41. The molecule has 16 heavy (non-hydrogen) atoms. The van der Waals surface area contributed by atoms with Crippen molar-refractivity contribution in [3.63, 3.8) is 0 Å². The summed E-state index contributed by atoms with van der Waals surface area (Å²) in [6.45, 7) is 2.12. The van der Waals surface area contributed by atoms with Crippen LogP contribution < -0.4 is 0 Å². The lowest BCUT2D eigenvalue weighted by atomic mass is 9.72. The summed E-state index contributed by atoms with van der Waals surface area (Å²) >= 11 is 0. The van der Waals surface area contributed by atoms with Gasteiger partial charge in [-0.1, -0.05) is 26.2 Å². The van der Waals surface area contributed by atoms with Crippen LogP contribution in [-0.4, -0.2) is 22.6 Å². The number of hydrogen-bond donors (Lipinski definition) is 1. The average Bonchev–Trinajstić information content (AvgIpc) is 2.26. The van der Waals surface area contributed by atoms with Gasteiger partial charge >= 0.3 is 11.8 Å². The second-order valence-corrected chi connectivity index (χ2v) is 4.93. The van der Waals surface area contributed by atoms with Gasteiger partial charge in [0, 0.05) is 6.42 Å². The van der Waals surface area contributed by atoms with Crippen molar-refractivity contribution in [2.24, 2.45) is 5.41 Å². The summed E-state index contributed by atoms with van der Waals surface area (Å²) in [5.74, 6) is -3.68. The van der Waals surface area contributed by atoms with E-state index in [2.05, 4.69) is 6.92 Å². The highest BCUT2D eigenvalue weighted by atomic mass is 16.4. The van der Waals surface area contributed by atoms with Gasteiger partial charge in [-0.25, -0.2) is 4.79 Å². The first kappa shape index (κ1) is 12.9. The molecule has 0 aromatic carbocycles. The van der Waals surface area contributed by atoms with E-state index in [1.54, 1.807) is 0 Å². The van der Waals surface area contributed by atoms with E-state index in [0.717, 1.165) is 25.7 Å². The highest BCUT2D eigenvalue weighted by Gasteiger charge is 2.29. The molecule has 0 aliphatic heterocycles. The van der Waals surface area contributed by atoms with Crippen molar-refractivity contribution in [2.75, 3.05) is 0 Å². The number of aliphatic carboxylic acids is 1. The van der Waals surface area contributed by atoms with E-state index in [4.69, 9.17) is 5.11 Å². The fraction of sp³-hybridized carbons (Fsp3) is 0.750. The zero-order valence-electron chi connectivity index (χ0n) is 9.62. The molecule has 90 valence electrons. The Kier molecular flexibility index (Phi) is 4.21. The van der Waals surface area contributed by atoms with Gasteiger partial charge in [0.05, 0.1) is 0 Å². The van der Waals surface area contributed by atoms with Gasteiger partial charge in [-0.3, -0.25) is 9.59 Å². The summed E-state index contributed by atoms with van der Waals surface area (Å²) in [5.41, 5.74) is 0.118. The highest BCUT2D eigenvalue weighted by Crippen LogP contribution is 2.39. The molecule has 0 heterocycles. The Labute approximate surface area is 95.0 Å². The molecule has 0 saturated heterocycles. The average molecular weight is 226 g/mol. The maximum atomic E-state index is 11.2. The first-order valence-electron chi connectivity index (χ1n) is 5.75. The van der Waals surface area contributed by atoms with Gasteiger partial charge in [0.15, 0.2) is 0 Å². The molecule has 0 unspecified atom stereocenters. The molecule has 0 spiro atoms. The molecule has 0 amide bonds. The zero-order chi connectivity index (χ0) is 12.2. The first-order chi connectivity index (χ1) is 7.44. The SMILES string of the molecule is CC1(CCC(=O)C(=O)C(=O)O)CCCCC1. The van der Waals surface area contributed by atoms with Crippen molar-refractivity contribution in [3.8, 4) is 0 Å². The fourth-order valence-electron chi connectivity index (χ4n) is 2.30. The van der Waals surface area contributed by atoms with E-state index in [0.29, 0.717) is 6.42 Å². The first-order valence-corrected chi connectivity index (χ1v) is 5.75. The van der Waals surface area contributed by atoms with E-state index in [-0.39, 0.29) is 11.8 Å². The molecule has 1 fully saturated rings. The number of hydrogen-bond acceptors (Lipinski definition) is 3. The van der Waals surface area contributed by atoms with Crippen molar-refractivity contribution >= 4 is 17.5 Å². The van der Waals surface area contributed by atoms with Crippen molar-refractivity contribution in [1.82, 2.24) is 0 Å². The van der Waals surface area contributed by atoms with Crippen LogP contribution in [0.4, 0.5) is 0 Å². The van der Waals surface area contributed by atoms with Gasteiger partial charge < -0.3 is 5.11 Å². The molecule has 4 nitrogen and oxygen atoms in total. The largest absolute Gasteiger partial charge is 0.475 e. The second kappa shape index (κ2) is 5.23. The Morgan fingerprint density at radius 3 is 2.19 bits per heavy atom. The Bertz CT molecular complexity index is 300. The number of carbonyl (C=O) groups excluding carboxylic acids is 2. The van der Waals surface area contributed by atoms with Gasteiger partial charge in [-0.15, -0.1) is 0 Å². The summed E-state index contributed by atoms with van der Waals surface area (Å²) in [4.78, 5) is 32.4. The molecule has 1 saturated carbocycles. The summed E-state index contributed by atoms with van der Waals surface area (Å²) in [5, 5.41) is 8.38. The lowest BCUT2D eigenvalue weighted by molar-refractivity contribution is -0.153. The third-order valence-corrected chi connectivity index (χ3v) is 3.46. The van der Waals surface area contributed by atoms with Crippen LogP contribution >= 0.6 is 0 Å². The zero-order valence-corrected chi connectivity index (χ0v) is 9.62. The van der Waals surface area contributed by atoms with Gasteiger partial charge in [-0.05, 0) is 24.7 Å². The van der Waals surface area contributed by atoms with E-state index in [1.165, 1.54) is 6.42 Å². The van der Waals surface area contributed by atoms with E-state index >= 15 is 0 Å². The van der Waals surface area contributed by atoms with Crippen molar-refractivity contribution in [2.45, 2.75) is 51.9 Å². The second-order valence-electron chi connectivity index (χ2n) is 4.93. The van der Waals surface area contributed by atoms with Crippen LogP contribution in [0.3, 0.4) is 0 Å². The minimum atomic E-state index is -1.64. The van der Waals surface area contributed by atoms with Crippen LogP contribution in [0.15, 0.2) is 0 Å². The molecular weight excluding hydrogens is 208 g/mol. The summed E-state index contributed by atoms with van der Waals surface area (Å²) in [6.07, 6.45) is 6.41. The predicted octanol–water partition coefficient (Wildman–Crippen LogP) is 1.96. The van der Waals surface area contributed by atoms with E-state index in [9.17, 15) is 14.4 Å². The van der Waals surface area contributed by atoms with E-state index < -0.39 is 17.5 Å². The lowest BCUT2D eigenvalue weighted by Crippen LogP contribution is -2.26. The van der Waals surface area contributed by atoms with Crippen LogP contribution in [0, 0.1) is 5.41 Å². The minimum Gasteiger partial charge on any atom is -0.475 e. The van der Waals surface area contributed by atoms with Gasteiger partial charge in [-0.2, -0.15) is 0 Å². The lowest BCUT2D eigenvalue weighted by Gasteiger charge is -2.33. The van der Waals surface area contributed by atoms with Crippen LogP contribution in [0.5, 0.6) is 0 Å². The summed E-state index contributed by atoms with van der Waals surface area (Å²) < 4.78 is 0. The number of carbonyl (C=O) groups is 3. The summed E-state index contributed by atoms with van der Waals surface area (Å²) in [7, 11) is 0. The fourth-order valence-corrected chi connectivity index (χ4v) is 2.30. The summed E-state index contributed by atoms with van der Waals surface area (Å²) in [6, 6.07) is 0. The number of ketones is 2. The molecule has 0 aromatic heterocycles. The van der Waals surface area contributed by atoms with E-state index in [1.807, 2.05) is 0 Å². The van der Waals surface area contributed by atoms with Crippen molar-refractivity contribution in [1.29, 1.82) is 0 Å². The molecular formula is C12H18O4. The van der Waals surface area contributed by atoms with Crippen LogP contribution in [-0.2, 0) is 14.4 Å². The number of carboxylic acid groups (broad SMARTS) is 1. The molecule has 1 N–H and O–H groups in total. The monoisotopic (exact) mass is 226 g/mol. The smallest absolute Gasteiger partial charge is 0.380 e. The van der Waals surface area contributed by atoms with Crippen LogP contribution in [0.1, 0.15) is 51.9 Å². The Morgan fingerprint density at radius 1 is 1.12 bits per heavy atom. The Morgan fingerprint density at radius 2 is 1.69 bits per heavy atom. The molecule has 0 aromatic rings. The molecule has 1 aliphatic carbocycles. The third-order valence-electron chi connectivity index (χ3n) is 3.46. The van der Waals surface area contributed by atoms with Crippen LogP contribution in [0.2, 0.25) is 0 Å². The number of carboxylic acids is 1. The molecule has 1 aliphatic rings. The minimum absolute atomic E-state index is 0.0711. The molecule has 1 rings (SSSR count).